The Morgan fingerprint density at radius 2 is 1.80 bits per heavy atom. The number of fused-ring (bicyclic) bond motifs is 1. The maximum atomic E-state index is 9.13. The molecule has 0 amide bonds. The second-order valence-corrected chi connectivity index (χ2v) is 4.60. The molecule has 0 aliphatic rings. The van der Waals surface area contributed by atoms with Crippen molar-refractivity contribution in [3.8, 4) is 12.1 Å². The topological polar surface area (TPSA) is 52.5 Å². The van der Waals surface area contributed by atoms with Gasteiger partial charge in [-0.15, -0.1) is 0 Å². The highest BCUT2D eigenvalue weighted by atomic mass is 14.9. The molecule has 0 unspecified atom stereocenters. The molecule has 0 spiro atoms. The molecule has 0 saturated carbocycles. The van der Waals surface area contributed by atoms with Gasteiger partial charge in [0.1, 0.15) is 0 Å². The standard InChI is InChI=1S/C17H11N3/c18-10-13-5-6-17-14(9-13)7-8-20(17)12-16-4-2-1-3-15(16)11-19/h1-9H,12H2. The molecule has 3 heteroatoms. The summed E-state index contributed by atoms with van der Waals surface area (Å²) in [6.07, 6.45) is 1.99. The Morgan fingerprint density at radius 3 is 2.60 bits per heavy atom. The molecule has 0 fully saturated rings. The molecule has 94 valence electrons. The van der Waals surface area contributed by atoms with Crippen molar-refractivity contribution in [2.45, 2.75) is 6.54 Å². The van der Waals surface area contributed by atoms with E-state index >= 15 is 0 Å². The summed E-state index contributed by atoms with van der Waals surface area (Å²) in [4.78, 5) is 0. The Labute approximate surface area is 116 Å². The van der Waals surface area contributed by atoms with Gasteiger partial charge in [-0.2, -0.15) is 10.5 Å². The zero-order valence-corrected chi connectivity index (χ0v) is 10.7. The molecule has 3 rings (SSSR count). The van der Waals surface area contributed by atoms with Crippen LogP contribution < -0.4 is 0 Å². The van der Waals surface area contributed by atoms with Crippen LogP contribution in [-0.4, -0.2) is 4.57 Å². The Kier molecular flexibility index (Phi) is 2.95. The van der Waals surface area contributed by atoms with Crippen LogP contribution in [0.15, 0.2) is 54.7 Å². The van der Waals surface area contributed by atoms with Gasteiger partial charge in [0.05, 0.1) is 23.3 Å². The van der Waals surface area contributed by atoms with Gasteiger partial charge in [-0.05, 0) is 35.9 Å². The van der Waals surface area contributed by atoms with Gasteiger partial charge in [0.15, 0.2) is 0 Å². The van der Waals surface area contributed by atoms with Gasteiger partial charge in [-0.1, -0.05) is 18.2 Å². The maximum Gasteiger partial charge on any atom is 0.0995 e. The predicted octanol–water partition coefficient (Wildman–Crippen LogP) is 3.43. The van der Waals surface area contributed by atoms with E-state index in [1.807, 2.05) is 54.7 Å². The van der Waals surface area contributed by atoms with Crippen molar-refractivity contribution in [2.75, 3.05) is 0 Å². The molecule has 0 aliphatic carbocycles. The molecule has 3 nitrogen and oxygen atoms in total. The van der Waals surface area contributed by atoms with Crippen molar-refractivity contribution in [2.24, 2.45) is 0 Å². The summed E-state index contributed by atoms with van der Waals surface area (Å²) in [5.74, 6) is 0. The fourth-order valence-electron chi connectivity index (χ4n) is 2.36. The van der Waals surface area contributed by atoms with Gasteiger partial charge in [0, 0.05) is 23.6 Å². The third kappa shape index (κ3) is 2.02. The van der Waals surface area contributed by atoms with E-state index in [2.05, 4.69) is 16.7 Å². The van der Waals surface area contributed by atoms with E-state index in [0.29, 0.717) is 17.7 Å². The fraction of sp³-hybridized carbons (Fsp3) is 0.0588. The number of benzene rings is 2. The summed E-state index contributed by atoms with van der Waals surface area (Å²) in [6.45, 7) is 0.652. The zero-order valence-electron chi connectivity index (χ0n) is 10.7. The monoisotopic (exact) mass is 257 g/mol. The number of aromatic nitrogens is 1. The highest BCUT2D eigenvalue weighted by Gasteiger charge is 2.05. The lowest BCUT2D eigenvalue weighted by Crippen LogP contribution is -2.00. The quantitative estimate of drug-likeness (QED) is 0.706. The number of hydrogen-bond acceptors (Lipinski definition) is 2. The van der Waals surface area contributed by atoms with Gasteiger partial charge in [0.25, 0.3) is 0 Å². The first kappa shape index (κ1) is 12.0. The van der Waals surface area contributed by atoms with Gasteiger partial charge < -0.3 is 4.57 Å². The molecule has 1 aromatic heterocycles. The fourth-order valence-corrected chi connectivity index (χ4v) is 2.36. The lowest BCUT2D eigenvalue weighted by Gasteiger charge is -2.07. The van der Waals surface area contributed by atoms with Crippen LogP contribution in [0.2, 0.25) is 0 Å². The molecule has 0 radical (unpaired) electrons. The summed E-state index contributed by atoms with van der Waals surface area (Å²) in [7, 11) is 0. The number of hydrogen-bond donors (Lipinski definition) is 0. The van der Waals surface area contributed by atoms with Crippen LogP contribution in [0.3, 0.4) is 0 Å². The summed E-state index contributed by atoms with van der Waals surface area (Å²) >= 11 is 0. The lowest BCUT2D eigenvalue weighted by molar-refractivity contribution is 0.834. The Hall–Kier alpha value is -3.04. The number of rotatable bonds is 2. The van der Waals surface area contributed by atoms with Crippen molar-refractivity contribution in [3.63, 3.8) is 0 Å². The van der Waals surface area contributed by atoms with Gasteiger partial charge in [-0.3, -0.25) is 0 Å². The van der Waals surface area contributed by atoms with Crippen molar-refractivity contribution < 1.29 is 0 Å². The van der Waals surface area contributed by atoms with Crippen molar-refractivity contribution in [1.29, 1.82) is 10.5 Å². The minimum absolute atomic E-state index is 0.652. The first-order chi connectivity index (χ1) is 9.81. The molecule has 0 atom stereocenters. The molecule has 0 N–H and O–H groups in total. The third-order valence-electron chi connectivity index (χ3n) is 3.38. The molecular weight excluding hydrogens is 246 g/mol. The molecule has 1 heterocycles. The smallest absolute Gasteiger partial charge is 0.0995 e. The predicted molar refractivity (Wildman–Crippen MR) is 76.9 cm³/mol. The average Bonchev–Trinajstić information content (AvgIpc) is 2.90. The first-order valence-corrected chi connectivity index (χ1v) is 6.29. The Balaban J connectivity index is 2.04. The minimum Gasteiger partial charge on any atom is -0.343 e. The molecule has 0 saturated heterocycles. The molecule has 2 aromatic carbocycles. The molecular formula is C17H11N3. The summed E-state index contributed by atoms with van der Waals surface area (Å²) in [5, 5.41) is 19.1. The van der Waals surface area contributed by atoms with E-state index < -0.39 is 0 Å². The van der Waals surface area contributed by atoms with Gasteiger partial charge >= 0.3 is 0 Å². The Morgan fingerprint density at radius 1 is 0.950 bits per heavy atom. The zero-order chi connectivity index (χ0) is 13.9. The second-order valence-electron chi connectivity index (χ2n) is 4.60. The minimum atomic E-state index is 0.652. The molecule has 0 aliphatic heterocycles. The van der Waals surface area contributed by atoms with Crippen LogP contribution in [0.4, 0.5) is 0 Å². The van der Waals surface area contributed by atoms with E-state index in [9.17, 15) is 0 Å². The van der Waals surface area contributed by atoms with Crippen LogP contribution in [0, 0.1) is 22.7 Å². The van der Waals surface area contributed by atoms with Crippen molar-refractivity contribution >= 4 is 10.9 Å². The molecule has 3 aromatic rings. The summed E-state index contributed by atoms with van der Waals surface area (Å²) in [6, 6.07) is 19.6. The van der Waals surface area contributed by atoms with E-state index in [1.165, 1.54) is 0 Å². The average molecular weight is 257 g/mol. The largest absolute Gasteiger partial charge is 0.343 e. The number of nitrogens with zero attached hydrogens (tertiary/aromatic N) is 3. The van der Waals surface area contributed by atoms with Crippen LogP contribution in [0.25, 0.3) is 10.9 Å². The molecule has 20 heavy (non-hydrogen) atoms. The van der Waals surface area contributed by atoms with E-state index in [1.54, 1.807) is 0 Å². The number of nitriles is 2. The highest BCUT2D eigenvalue weighted by molar-refractivity contribution is 5.81. The van der Waals surface area contributed by atoms with Crippen LogP contribution in [0.1, 0.15) is 16.7 Å². The Bertz CT molecular complexity index is 860. The van der Waals surface area contributed by atoms with Crippen LogP contribution in [-0.2, 0) is 6.54 Å². The normalized spacial score (nSPS) is 10.1. The van der Waals surface area contributed by atoms with Crippen LogP contribution in [0.5, 0.6) is 0 Å². The second kappa shape index (κ2) is 4.91. The van der Waals surface area contributed by atoms with E-state index in [4.69, 9.17) is 10.5 Å². The summed E-state index contributed by atoms with van der Waals surface area (Å²) in [5.41, 5.74) is 3.42. The van der Waals surface area contributed by atoms with Gasteiger partial charge in [0.2, 0.25) is 0 Å². The first-order valence-electron chi connectivity index (χ1n) is 6.29. The maximum absolute atomic E-state index is 9.13. The van der Waals surface area contributed by atoms with Crippen molar-refractivity contribution in [3.05, 3.63) is 71.4 Å². The van der Waals surface area contributed by atoms with E-state index in [-0.39, 0.29) is 0 Å². The summed E-state index contributed by atoms with van der Waals surface area (Å²) < 4.78 is 2.09. The lowest BCUT2D eigenvalue weighted by atomic mass is 10.1. The molecule has 0 bridgehead atoms. The van der Waals surface area contributed by atoms with Gasteiger partial charge in [-0.25, -0.2) is 0 Å². The highest BCUT2D eigenvalue weighted by Crippen LogP contribution is 2.19. The van der Waals surface area contributed by atoms with Crippen LogP contribution >= 0.6 is 0 Å². The SMILES string of the molecule is N#Cc1ccc2c(ccn2Cc2ccccc2C#N)c1. The van der Waals surface area contributed by atoms with E-state index in [0.717, 1.165) is 16.5 Å². The van der Waals surface area contributed by atoms with Crippen molar-refractivity contribution in [1.82, 2.24) is 4.57 Å². The third-order valence-corrected chi connectivity index (χ3v) is 3.38.